The first kappa shape index (κ1) is 12.3. The zero-order valence-corrected chi connectivity index (χ0v) is 11.0. The smallest absolute Gasteiger partial charge is 0.227 e. The summed E-state index contributed by atoms with van der Waals surface area (Å²) in [4.78, 5) is 13.6. The molecule has 0 bridgehead atoms. The number of anilines is 1. The molecule has 1 atom stereocenters. The summed E-state index contributed by atoms with van der Waals surface area (Å²) in [5, 5.41) is 9.31. The van der Waals surface area contributed by atoms with Crippen LogP contribution in [0.1, 0.15) is 12.0 Å². The molecule has 1 fully saturated rings. The van der Waals surface area contributed by atoms with Gasteiger partial charge in [0.25, 0.3) is 0 Å². The van der Waals surface area contributed by atoms with Crippen LogP contribution in [0, 0.1) is 5.92 Å². The van der Waals surface area contributed by atoms with E-state index in [1.165, 1.54) is 0 Å². The molecule has 0 aliphatic carbocycles. The number of nitrogens with zero attached hydrogens (tertiary/aromatic N) is 1. The summed E-state index contributed by atoms with van der Waals surface area (Å²) in [5.41, 5.74) is 1.56. The number of aliphatic hydroxyl groups excluding tert-OH is 1. The zero-order valence-electron chi connectivity index (χ0n) is 9.40. The highest BCUT2D eigenvalue weighted by Gasteiger charge is 2.29. The normalized spacial score (nSPS) is 19.8. The van der Waals surface area contributed by atoms with E-state index in [2.05, 4.69) is 22.5 Å². The average Bonchev–Trinajstić information content (AvgIpc) is 2.70. The number of carbonyl (C=O) groups excluding carboxylic acids is 1. The topological polar surface area (TPSA) is 40.5 Å². The van der Waals surface area contributed by atoms with Gasteiger partial charge < -0.3 is 10.0 Å². The molecule has 1 aliphatic heterocycles. The second-order valence-electron chi connectivity index (χ2n) is 4.14. The van der Waals surface area contributed by atoms with E-state index in [1.807, 2.05) is 24.3 Å². The summed E-state index contributed by atoms with van der Waals surface area (Å²) in [5.74, 6) is 0.288. The Hall–Kier alpha value is -1.13. The van der Waals surface area contributed by atoms with E-state index >= 15 is 0 Å². The van der Waals surface area contributed by atoms with Crippen molar-refractivity contribution >= 4 is 27.5 Å². The van der Waals surface area contributed by atoms with Crippen molar-refractivity contribution in [3.63, 3.8) is 0 Å². The van der Waals surface area contributed by atoms with Crippen LogP contribution in [0.15, 0.2) is 35.3 Å². The molecule has 1 aromatic rings. The molecule has 1 aliphatic rings. The van der Waals surface area contributed by atoms with E-state index in [-0.39, 0.29) is 18.4 Å². The maximum Gasteiger partial charge on any atom is 0.227 e. The minimum absolute atomic E-state index is 0.0643. The fraction of sp³-hybridized carbons (Fsp3) is 0.308. The van der Waals surface area contributed by atoms with Gasteiger partial charge in [-0.25, -0.2) is 0 Å². The molecule has 2 rings (SSSR count). The highest BCUT2D eigenvalue weighted by molar-refractivity contribution is 9.10. The summed E-state index contributed by atoms with van der Waals surface area (Å²) in [6.45, 7) is 4.31. The highest BCUT2D eigenvalue weighted by atomic mass is 79.9. The van der Waals surface area contributed by atoms with Gasteiger partial charge in [0.05, 0.1) is 12.3 Å². The summed E-state index contributed by atoms with van der Waals surface area (Å²) in [6.07, 6.45) is 2.31. The van der Waals surface area contributed by atoms with Crippen molar-refractivity contribution in [2.75, 3.05) is 11.4 Å². The van der Waals surface area contributed by atoms with Crippen molar-refractivity contribution in [3.8, 4) is 0 Å². The lowest BCUT2D eigenvalue weighted by atomic mass is 10.1. The summed E-state index contributed by atoms with van der Waals surface area (Å²) < 4.78 is 0.902. The van der Waals surface area contributed by atoms with E-state index in [0.717, 1.165) is 15.7 Å². The molecule has 0 spiro atoms. The Labute approximate surface area is 109 Å². The quantitative estimate of drug-likeness (QED) is 0.871. The standard InChI is InChI=1S/C13H14BrNO2/c1-2-9-5-13(17)15(7-9)12-6-11(14)4-3-10(12)8-16/h2-4,6,9,16H,1,5,7-8H2. The molecule has 0 saturated carbocycles. The third-order valence-electron chi connectivity index (χ3n) is 3.00. The first-order chi connectivity index (χ1) is 8.15. The van der Waals surface area contributed by atoms with Gasteiger partial charge in [0, 0.05) is 28.9 Å². The van der Waals surface area contributed by atoms with Gasteiger partial charge in [0.15, 0.2) is 0 Å². The van der Waals surface area contributed by atoms with Gasteiger partial charge >= 0.3 is 0 Å². The molecule has 0 aromatic heterocycles. The van der Waals surface area contributed by atoms with Gasteiger partial charge in [-0.3, -0.25) is 4.79 Å². The van der Waals surface area contributed by atoms with E-state index in [9.17, 15) is 9.90 Å². The van der Waals surface area contributed by atoms with Crippen LogP contribution < -0.4 is 4.90 Å². The van der Waals surface area contributed by atoms with Gasteiger partial charge in [-0.1, -0.05) is 28.1 Å². The molecule has 1 amide bonds. The van der Waals surface area contributed by atoms with E-state index in [4.69, 9.17) is 0 Å². The first-order valence-corrected chi connectivity index (χ1v) is 6.27. The summed E-state index contributed by atoms with van der Waals surface area (Å²) in [7, 11) is 0. The van der Waals surface area contributed by atoms with E-state index in [1.54, 1.807) is 4.90 Å². The Morgan fingerprint density at radius 3 is 2.94 bits per heavy atom. The SMILES string of the molecule is C=CC1CC(=O)N(c2cc(Br)ccc2CO)C1. The Morgan fingerprint density at radius 1 is 1.59 bits per heavy atom. The van der Waals surface area contributed by atoms with Crippen molar-refractivity contribution in [2.24, 2.45) is 5.92 Å². The fourth-order valence-electron chi connectivity index (χ4n) is 2.05. The van der Waals surface area contributed by atoms with Crippen LogP contribution in [0.4, 0.5) is 5.69 Å². The summed E-state index contributed by atoms with van der Waals surface area (Å²) in [6, 6.07) is 5.56. The Bertz CT molecular complexity index is 459. The summed E-state index contributed by atoms with van der Waals surface area (Å²) >= 11 is 3.38. The number of carbonyl (C=O) groups is 1. The number of rotatable bonds is 3. The van der Waals surface area contributed by atoms with Crippen LogP contribution in [0.5, 0.6) is 0 Å². The van der Waals surface area contributed by atoms with Crippen molar-refractivity contribution in [3.05, 3.63) is 40.9 Å². The van der Waals surface area contributed by atoms with Gasteiger partial charge in [-0.2, -0.15) is 0 Å². The maximum atomic E-state index is 11.9. The van der Waals surface area contributed by atoms with Crippen LogP contribution in [0.2, 0.25) is 0 Å². The fourth-order valence-corrected chi connectivity index (χ4v) is 2.40. The molecule has 3 nitrogen and oxygen atoms in total. The molecule has 1 aromatic carbocycles. The Balaban J connectivity index is 2.36. The molecule has 1 N–H and O–H groups in total. The average molecular weight is 296 g/mol. The zero-order chi connectivity index (χ0) is 12.4. The first-order valence-electron chi connectivity index (χ1n) is 5.48. The molecule has 0 radical (unpaired) electrons. The number of halogens is 1. The minimum Gasteiger partial charge on any atom is -0.392 e. The second-order valence-corrected chi connectivity index (χ2v) is 5.05. The highest BCUT2D eigenvalue weighted by Crippen LogP contribution is 2.31. The molecular formula is C13H14BrNO2. The van der Waals surface area contributed by atoms with Crippen molar-refractivity contribution in [1.82, 2.24) is 0 Å². The maximum absolute atomic E-state index is 11.9. The lowest BCUT2D eigenvalue weighted by Gasteiger charge is -2.19. The predicted octanol–water partition coefficient (Wildman–Crippen LogP) is 2.48. The van der Waals surface area contributed by atoms with Crippen LogP contribution in [0.25, 0.3) is 0 Å². The lowest BCUT2D eigenvalue weighted by molar-refractivity contribution is -0.117. The molecule has 90 valence electrons. The van der Waals surface area contributed by atoms with Crippen LogP contribution in [-0.4, -0.2) is 17.6 Å². The van der Waals surface area contributed by atoms with Crippen LogP contribution in [0.3, 0.4) is 0 Å². The van der Waals surface area contributed by atoms with E-state index in [0.29, 0.717) is 13.0 Å². The van der Waals surface area contributed by atoms with Crippen LogP contribution in [-0.2, 0) is 11.4 Å². The van der Waals surface area contributed by atoms with Gasteiger partial charge in [-0.15, -0.1) is 6.58 Å². The van der Waals surface area contributed by atoms with Crippen molar-refractivity contribution in [1.29, 1.82) is 0 Å². The number of amides is 1. The molecule has 4 heteroatoms. The molecule has 1 saturated heterocycles. The third kappa shape index (κ3) is 2.42. The number of aliphatic hydroxyl groups is 1. The van der Waals surface area contributed by atoms with Crippen molar-refractivity contribution < 1.29 is 9.90 Å². The molecule has 1 unspecified atom stereocenters. The third-order valence-corrected chi connectivity index (χ3v) is 3.49. The number of hydrogen-bond acceptors (Lipinski definition) is 2. The second kappa shape index (κ2) is 5.02. The monoisotopic (exact) mass is 295 g/mol. The van der Waals surface area contributed by atoms with Crippen LogP contribution >= 0.6 is 15.9 Å². The number of benzene rings is 1. The largest absolute Gasteiger partial charge is 0.392 e. The molecule has 1 heterocycles. The van der Waals surface area contributed by atoms with Gasteiger partial charge in [-0.05, 0) is 12.1 Å². The van der Waals surface area contributed by atoms with Gasteiger partial charge in [0.1, 0.15) is 0 Å². The van der Waals surface area contributed by atoms with E-state index < -0.39 is 0 Å². The lowest BCUT2D eigenvalue weighted by Crippen LogP contribution is -2.25. The Morgan fingerprint density at radius 2 is 2.35 bits per heavy atom. The number of hydrogen-bond donors (Lipinski definition) is 1. The van der Waals surface area contributed by atoms with Crippen molar-refractivity contribution in [2.45, 2.75) is 13.0 Å². The molecule has 17 heavy (non-hydrogen) atoms. The Kier molecular flexibility index (Phi) is 3.64. The predicted molar refractivity (Wildman–Crippen MR) is 70.7 cm³/mol. The minimum atomic E-state index is -0.0643. The van der Waals surface area contributed by atoms with Gasteiger partial charge in [0.2, 0.25) is 5.91 Å². The molecular weight excluding hydrogens is 282 g/mol.